The fraction of sp³-hybridized carbons (Fsp3) is 0.231. The molecule has 180 valence electrons. The Morgan fingerprint density at radius 2 is 1.46 bits per heavy atom. The van der Waals surface area contributed by atoms with Gasteiger partial charge >= 0.3 is 59.1 Å². The second-order valence-electron chi connectivity index (χ2n) is 8.19. The molecule has 3 aromatic rings. The van der Waals surface area contributed by atoms with Crippen LogP contribution in [0.1, 0.15) is 33.2 Å². The number of hydrogen-bond acceptors (Lipinski definition) is 8. The minimum Gasteiger partial charge on any atom is -0.548 e. The summed E-state index contributed by atoms with van der Waals surface area (Å²) in [4.78, 5) is 49.8. The molecule has 11 heteroatoms. The quantitative estimate of drug-likeness (QED) is 0.207. The zero-order valence-corrected chi connectivity index (χ0v) is 25.1. The third-order valence-electron chi connectivity index (χ3n) is 5.98. The van der Waals surface area contributed by atoms with Crippen LogP contribution >= 0.6 is 0 Å². The van der Waals surface area contributed by atoms with Crippen LogP contribution in [0, 0.1) is 0 Å². The van der Waals surface area contributed by atoms with Crippen LogP contribution in [-0.2, 0) is 16.0 Å². The minimum atomic E-state index is -1.38. The second kappa shape index (κ2) is 13.4. The van der Waals surface area contributed by atoms with Gasteiger partial charge in [-0.1, -0.05) is 24.3 Å². The first kappa shape index (κ1) is 30.8. The van der Waals surface area contributed by atoms with Gasteiger partial charge in [0, 0.05) is 46.4 Å². The number of benzene rings is 3. The molecule has 0 spiro atoms. The molecule has 0 aliphatic carbocycles. The van der Waals surface area contributed by atoms with Gasteiger partial charge in [-0.05, 0) is 49.2 Å². The molecular weight excluding hydrogens is 496 g/mol. The van der Waals surface area contributed by atoms with Gasteiger partial charge < -0.3 is 30.0 Å². The van der Waals surface area contributed by atoms with Crippen molar-refractivity contribution in [2.45, 2.75) is 13.3 Å². The SMILES string of the molecule is CCN1C(=O)c2cccc3c(NCCc4ccc(N(CC(=O)[O-])CC(=O)[O-])cc4)ccc(c23)C1=O.[Na+].[Na+]. The molecule has 0 bridgehead atoms. The number of aliphatic carboxylic acids is 2. The summed E-state index contributed by atoms with van der Waals surface area (Å²) in [6, 6.07) is 15.9. The molecule has 4 rings (SSSR count). The van der Waals surface area contributed by atoms with Crippen LogP contribution in [0.25, 0.3) is 10.8 Å². The Morgan fingerprint density at radius 3 is 2.03 bits per heavy atom. The number of hydrogen-bond donors (Lipinski definition) is 1. The maximum absolute atomic E-state index is 12.8. The van der Waals surface area contributed by atoms with Gasteiger partial charge in [-0.25, -0.2) is 0 Å². The zero-order valence-electron chi connectivity index (χ0n) is 21.1. The predicted molar refractivity (Wildman–Crippen MR) is 126 cm³/mol. The topological polar surface area (TPSA) is 133 Å². The van der Waals surface area contributed by atoms with E-state index in [4.69, 9.17) is 0 Å². The first-order valence-corrected chi connectivity index (χ1v) is 11.2. The van der Waals surface area contributed by atoms with E-state index in [2.05, 4.69) is 5.32 Å². The fourth-order valence-electron chi connectivity index (χ4n) is 4.35. The number of anilines is 2. The van der Waals surface area contributed by atoms with Gasteiger partial charge in [0.15, 0.2) is 0 Å². The van der Waals surface area contributed by atoms with E-state index < -0.39 is 25.0 Å². The van der Waals surface area contributed by atoms with Crippen molar-refractivity contribution < 1.29 is 88.5 Å². The van der Waals surface area contributed by atoms with Crippen LogP contribution in [0.15, 0.2) is 54.6 Å². The average molecular weight is 519 g/mol. The van der Waals surface area contributed by atoms with Crippen molar-refractivity contribution in [1.29, 1.82) is 0 Å². The van der Waals surface area contributed by atoms with Gasteiger partial charge in [-0.3, -0.25) is 14.5 Å². The van der Waals surface area contributed by atoms with Crippen LogP contribution in [0.3, 0.4) is 0 Å². The molecule has 9 nitrogen and oxygen atoms in total. The van der Waals surface area contributed by atoms with E-state index in [1.165, 1.54) is 4.90 Å². The number of nitrogens with one attached hydrogen (secondary N) is 1. The van der Waals surface area contributed by atoms with Crippen molar-refractivity contribution in [1.82, 2.24) is 4.90 Å². The maximum Gasteiger partial charge on any atom is 1.00 e. The summed E-state index contributed by atoms with van der Waals surface area (Å²) in [6.07, 6.45) is 0.631. The average Bonchev–Trinajstić information content (AvgIpc) is 2.83. The fourth-order valence-corrected chi connectivity index (χ4v) is 4.35. The molecule has 0 unspecified atom stereocenters. The molecule has 0 aromatic heterocycles. The van der Waals surface area contributed by atoms with Crippen LogP contribution in [0.5, 0.6) is 0 Å². The van der Waals surface area contributed by atoms with E-state index in [1.807, 2.05) is 12.1 Å². The number of carbonyl (C=O) groups excluding carboxylic acids is 4. The summed E-state index contributed by atoms with van der Waals surface area (Å²) in [7, 11) is 0. The number of rotatable bonds is 10. The molecular formula is C26H23N3Na2O6. The van der Waals surface area contributed by atoms with Crippen LogP contribution in [0.2, 0.25) is 0 Å². The summed E-state index contributed by atoms with van der Waals surface area (Å²) >= 11 is 0. The summed E-state index contributed by atoms with van der Waals surface area (Å²) in [5.41, 5.74) is 3.22. The van der Waals surface area contributed by atoms with Gasteiger partial charge in [0.2, 0.25) is 0 Å². The Hall–Kier alpha value is -2.40. The van der Waals surface area contributed by atoms with Crippen LogP contribution in [0.4, 0.5) is 11.4 Å². The summed E-state index contributed by atoms with van der Waals surface area (Å²) in [5.74, 6) is -3.35. The Bertz CT molecular complexity index is 1290. The van der Waals surface area contributed by atoms with Crippen molar-refractivity contribution in [3.05, 3.63) is 71.3 Å². The molecule has 0 radical (unpaired) electrons. The third kappa shape index (κ3) is 6.73. The van der Waals surface area contributed by atoms with Crippen molar-refractivity contribution >= 4 is 45.9 Å². The summed E-state index contributed by atoms with van der Waals surface area (Å²) in [6.45, 7) is 1.53. The number of nitrogens with zero attached hydrogens (tertiary/aromatic N) is 2. The van der Waals surface area contributed by atoms with E-state index in [9.17, 15) is 29.4 Å². The molecule has 1 aliphatic heterocycles. The van der Waals surface area contributed by atoms with Crippen molar-refractivity contribution in [2.24, 2.45) is 0 Å². The monoisotopic (exact) mass is 519 g/mol. The summed E-state index contributed by atoms with van der Waals surface area (Å²) < 4.78 is 0. The predicted octanol–water partition coefficient (Wildman–Crippen LogP) is -5.58. The number of amides is 2. The van der Waals surface area contributed by atoms with E-state index in [0.29, 0.717) is 41.7 Å². The molecule has 1 N–H and O–H groups in total. The molecule has 1 heterocycles. The Balaban J connectivity index is 0.00000241. The van der Waals surface area contributed by atoms with Crippen molar-refractivity contribution in [3.8, 4) is 0 Å². The maximum atomic E-state index is 12.8. The number of carboxylic acid groups (broad SMARTS) is 2. The summed E-state index contributed by atoms with van der Waals surface area (Å²) in [5, 5.41) is 26.7. The molecule has 0 saturated heterocycles. The standard InChI is InChI=1S/C26H25N3O6.2Na/c1-2-29-25(34)19-5-3-4-18-21(11-10-20(24(18)19)26(29)35)27-13-12-16-6-8-17(9-7-16)28(14-22(30)31)15-23(32)33;;/h3-11,27H,2,12-15H2,1H3,(H,30,31)(H,32,33);;/q;2*+1/p-2. The van der Waals surface area contributed by atoms with Gasteiger partial charge in [-0.15, -0.1) is 0 Å². The van der Waals surface area contributed by atoms with E-state index in [-0.39, 0.29) is 70.9 Å². The normalized spacial score (nSPS) is 12.0. The second-order valence-corrected chi connectivity index (χ2v) is 8.19. The van der Waals surface area contributed by atoms with Gasteiger partial charge in [0.25, 0.3) is 11.8 Å². The van der Waals surface area contributed by atoms with E-state index >= 15 is 0 Å². The molecule has 1 aliphatic rings. The molecule has 0 fully saturated rings. The van der Waals surface area contributed by atoms with Gasteiger partial charge in [0.1, 0.15) is 0 Å². The Labute approximate surface area is 258 Å². The van der Waals surface area contributed by atoms with Crippen molar-refractivity contribution in [2.75, 3.05) is 36.4 Å². The number of carbonyl (C=O) groups is 4. The Morgan fingerprint density at radius 1 is 0.865 bits per heavy atom. The van der Waals surface area contributed by atoms with Gasteiger partial charge in [-0.2, -0.15) is 0 Å². The molecule has 3 aromatic carbocycles. The third-order valence-corrected chi connectivity index (χ3v) is 5.98. The molecule has 2 amide bonds. The number of imide groups is 1. The van der Waals surface area contributed by atoms with E-state index in [1.54, 1.807) is 49.4 Å². The molecule has 0 atom stereocenters. The van der Waals surface area contributed by atoms with E-state index in [0.717, 1.165) is 21.5 Å². The smallest absolute Gasteiger partial charge is 0.548 e. The van der Waals surface area contributed by atoms with Crippen LogP contribution < -0.4 is 79.5 Å². The van der Waals surface area contributed by atoms with Crippen LogP contribution in [-0.4, -0.2) is 54.8 Å². The first-order valence-electron chi connectivity index (χ1n) is 11.2. The molecule has 37 heavy (non-hydrogen) atoms. The zero-order chi connectivity index (χ0) is 25.1. The first-order chi connectivity index (χ1) is 16.8. The molecule has 0 saturated carbocycles. The minimum absolute atomic E-state index is 0. The number of carboxylic acids is 2. The Kier molecular flexibility index (Phi) is 11.2. The van der Waals surface area contributed by atoms with Crippen molar-refractivity contribution in [3.63, 3.8) is 0 Å². The largest absolute Gasteiger partial charge is 1.00 e. The van der Waals surface area contributed by atoms with Gasteiger partial charge in [0.05, 0.1) is 25.0 Å².